The van der Waals surface area contributed by atoms with Crippen LogP contribution in [0.2, 0.25) is 0 Å². The molecule has 0 saturated heterocycles. The molecule has 202 valence electrons. The Morgan fingerprint density at radius 2 is 0.837 bits per heavy atom. The van der Waals surface area contributed by atoms with Crippen molar-refractivity contribution < 1.29 is 0 Å². The van der Waals surface area contributed by atoms with Gasteiger partial charge < -0.3 is 0 Å². The number of hydrogen-bond acceptors (Lipinski definition) is 1. The number of benzene rings is 6. The Bertz CT molecular complexity index is 2140. The number of pyridine rings is 1. The van der Waals surface area contributed by atoms with Crippen LogP contribution in [0.25, 0.3) is 72.2 Å². The van der Waals surface area contributed by atoms with Crippen molar-refractivity contribution in [3.05, 3.63) is 170 Å². The first kappa shape index (κ1) is 25.0. The molecule has 0 atom stereocenters. The molecule has 43 heavy (non-hydrogen) atoms. The molecule has 0 N–H and O–H groups in total. The standard InChI is InChI=1S/C41H28N2/c1-5-15-29(16-6-1)34-25-35(30-17-7-2-8-18-30)27-36(26-34)39-40(32-21-11-4-12-22-32)42-43-38(31-19-9-3-10-20-31)28-33-23-13-14-24-37(33)41(39)43/h1-28H. The van der Waals surface area contributed by atoms with Gasteiger partial charge in [-0.05, 0) is 57.5 Å². The summed E-state index contributed by atoms with van der Waals surface area (Å²) in [6.07, 6.45) is 0. The molecule has 8 aromatic rings. The number of fused-ring (bicyclic) bond motifs is 3. The molecule has 0 saturated carbocycles. The van der Waals surface area contributed by atoms with Crippen LogP contribution in [0.15, 0.2) is 170 Å². The summed E-state index contributed by atoms with van der Waals surface area (Å²) in [5.74, 6) is 0. The summed E-state index contributed by atoms with van der Waals surface area (Å²) in [6, 6.07) is 60.3. The van der Waals surface area contributed by atoms with Gasteiger partial charge in [0.25, 0.3) is 0 Å². The second-order valence-corrected chi connectivity index (χ2v) is 10.9. The van der Waals surface area contributed by atoms with Crippen LogP contribution in [0.1, 0.15) is 0 Å². The van der Waals surface area contributed by atoms with Gasteiger partial charge in [0.1, 0.15) is 5.69 Å². The van der Waals surface area contributed by atoms with Crippen LogP contribution in [-0.4, -0.2) is 9.61 Å². The summed E-state index contributed by atoms with van der Waals surface area (Å²) >= 11 is 0. The molecule has 2 heterocycles. The zero-order valence-corrected chi connectivity index (χ0v) is 23.6. The second-order valence-electron chi connectivity index (χ2n) is 10.9. The summed E-state index contributed by atoms with van der Waals surface area (Å²) in [5, 5.41) is 7.78. The van der Waals surface area contributed by atoms with Crippen LogP contribution >= 0.6 is 0 Å². The maximum absolute atomic E-state index is 5.41. The van der Waals surface area contributed by atoms with E-state index in [1.165, 1.54) is 33.0 Å². The van der Waals surface area contributed by atoms with E-state index in [0.717, 1.165) is 39.2 Å². The number of hydrogen-bond donors (Lipinski definition) is 0. The molecule has 2 aromatic heterocycles. The van der Waals surface area contributed by atoms with E-state index in [1.54, 1.807) is 0 Å². The maximum atomic E-state index is 5.41. The predicted molar refractivity (Wildman–Crippen MR) is 180 cm³/mol. The Morgan fingerprint density at radius 1 is 0.372 bits per heavy atom. The SMILES string of the molecule is c1ccc(-c2cc(-c3ccccc3)cc(-c3c(-c4ccccc4)nn4c(-c5ccccc5)cc5ccccc5c34)c2)cc1. The molecule has 0 bridgehead atoms. The Hall–Kier alpha value is -5.73. The van der Waals surface area contributed by atoms with Gasteiger partial charge in [0.05, 0.1) is 11.2 Å². The molecule has 0 fully saturated rings. The Labute approximate surface area is 251 Å². The summed E-state index contributed by atoms with van der Waals surface area (Å²) in [6.45, 7) is 0. The van der Waals surface area contributed by atoms with Crippen molar-refractivity contribution >= 4 is 16.3 Å². The van der Waals surface area contributed by atoms with E-state index in [1.807, 2.05) is 0 Å². The van der Waals surface area contributed by atoms with Crippen LogP contribution in [-0.2, 0) is 0 Å². The molecule has 2 nitrogen and oxygen atoms in total. The molecule has 0 spiro atoms. The first-order valence-corrected chi connectivity index (χ1v) is 14.7. The van der Waals surface area contributed by atoms with Gasteiger partial charge in [-0.15, -0.1) is 0 Å². The lowest BCUT2D eigenvalue weighted by atomic mass is 9.91. The summed E-state index contributed by atoms with van der Waals surface area (Å²) in [5.41, 5.74) is 12.4. The highest BCUT2D eigenvalue weighted by molar-refractivity contribution is 6.09. The Morgan fingerprint density at radius 3 is 1.42 bits per heavy atom. The average molecular weight is 549 g/mol. The van der Waals surface area contributed by atoms with E-state index >= 15 is 0 Å². The third-order valence-electron chi connectivity index (χ3n) is 8.17. The lowest BCUT2D eigenvalue weighted by Gasteiger charge is -2.13. The van der Waals surface area contributed by atoms with Gasteiger partial charge in [-0.2, -0.15) is 5.10 Å². The highest BCUT2D eigenvalue weighted by atomic mass is 15.2. The van der Waals surface area contributed by atoms with Crippen molar-refractivity contribution in [1.82, 2.24) is 9.61 Å². The Balaban J connectivity index is 1.53. The van der Waals surface area contributed by atoms with Crippen molar-refractivity contribution in [3.63, 3.8) is 0 Å². The molecule has 0 aliphatic rings. The zero-order chi connectivity index (χ0) is 28.6. The third kappa shape index (κ3) is 4.50. The minimum atomic E-state index is 0.971. The second kappa shape index (κ2) is 10.6. The molecule has 8 rings (SSSR count). The van der Waals surface area contributed by atoms with E-state index in [-0.39, 0.29) is 0 Å². The fraction of sp³-hybridized carbons (Fsp3) is 0. The van der Waals surface area contributed by atoms with Crippen molar-refractivity contribution in [2.75, 3.05) is 0 Å². The van der Waals surface area contributed by atoms with Gasteiger partial charge in [0, 0.05) is 22.1 Å². The van der Waals surface area contributed by atoms with Crippen LogP contribution < -0.4 is 0 Å². The minimum absolute atomic E-state index is 0.971. The number of aromatic nitrogens is 2. The minimum Gasteiger partial charge on any atom is -0.231 e. The fourth-order valence-electron chi connectivity index (χ4n) is 6.14. The first-order chi connectivity index (χ1) is 21.3. The molecular weight excluding hydrogens is 520 g/mol. The first-order valence-electron chi connectivity index (χ1n) is 14.7. The topological polar surface area (TPSA) is 17.3 Å². The largest absolute Gasteiger partial charge is 0.231 e. The Kier molecular flexibility index (Phi) is 6.16. The number of nitrogens with zero attached hydrogens (tertiary/aromatic N) is 2. The van der Waals surface area contributed by atoms with Crippen molar-refractivity contribution in [3.8, 4) is 55.9 Å². The van der Waals surface area contributed by atoms with Gasteiger partial charge >= 0.3 is 0 Å². The zero-order valence-electron chi connectivity index (χ0n) is 23.6. The fourth-order valence-corrected chi connectivity index (χ4v) is 6.14. The van der Waals surface area contributed by atoms with E-state index < -0.39 is 0 Å². The normalized spacial score (nSPS) is 11.3. The van der Waals surface area contributed by atoms with Crippen molar-refractivity contribution in [1.29, 1.82) is 0 Å². The van der Waals surface area contributed by atoms with Crippen LogP contribution in [0.5, 0.6) is 0 Å². The predicted octanol–water partition coefficient (Wildman–Crippen LogP) is 10.8. The molecule has 0 aliphatic heterocycles. The van der Waals surface area contributed by atoms with Gasteiger partial charge in [-0.1, -0.05) is 146 Å². The van der Waals surface area contributed by atoms with E-state index in [9.17, 15) is 0 Å². The van der Waals surface area contributed by atoms with E-state index in [0.29, 0.717) is 0 Å². The summed E-state index contributed by atoms with van der Waals surface area (Å²) < 4.78 is 2.16. The van der Waals surface area contributed by atoms with Gasteiger partial charge in [-0.3, -0.25) is 0 Å². The highest BCUT2D eigenvalue weighted by Crippen LogP contribution is 2.43. The highest BCUT2D eigenvalue weighted by Gasteiger charge is 2.22. The van der Waals surface area contributed by atoms with E-state index in [4.69, 9.17) is 5.10 Å². The van der Waals surface area contributed by atoms with Gasteiger partial charge in [0.2, 0.25) is 0 Å². The lowest BCUT2D eigenvalue weighted by Crippen LogP contribution is -1.95. The van der Waals surface area contributed by atoms with Crippen LogP contribution in [0.3, 0.4) is 0 Å². The molecule has 6 aromatic carbocycles. The van der Waals surface area contributed by atoms with Gasteiger partial charge in [-0.25, -0.2) is 4.52 Å². The molecule has 0 aliphatic carbocycles. The van der Waals surface area contributed by atoms with Crippen molar-refractivity contribution in [2.24, 2.45) is 0 Å². The molecular formula is C41H28N2. The third-order valence-corrected chi connectivity index (χ3v) is 8.17. The summed E-state index contributed by atoms with van der Waals surface area (Å²) in [7, 11) is 0. The molecule has 2 heteroatoms. The molecule has 0 amide bonds. The molecule has 0 radical (unpaired) electrons. The van der Waals surface area contributed by atoms with Crippen molar-refractivity contribution in [2.45, 2.75) is 0 Å². The van der Waals surface area contributed by atoms with E-state index in [2.05, 4.69) is 174 Å². The van der Waals surface area contributed by atoms with Crippen LogP contribution in [0, 0.1) is 0 Å². The smallest absolute Gasteiger partial charge is 0.101 e. The molecule has 0 unspecified atom stereocenters. The quantitative estimate of drug-likeness (QED) is 0.209. The van der Waals surface area contributed by atoms with Crippen LogP contribution in [0.4, 0.5) is 0 Å². The monoisotopic (exact) mass is 548 g/mol. The number of rotatable bonds is 5. The lowest BCUT2D eigenvalue weighted by molar-refractivity contribution is 0.979. The maximum Gasteiger partial charge on any atom is 0.101 e. The average Bonchev–Trinajstić information content (AvgIpc) is 3.50. The summed E-state index contributed by atoms with van der Waals surface area (Å²) in [4.78, 5) is 0. The van der Waals surface area contributed by atoms with Gasteiger partial charge in [0.15, 0.2) is 0 Å².